The predicted molar refractivity (Wildman–Crippen MR) is 134 cm³/mol. The Morgan fingerprint density at radius 1 is 1.29 bits per heavy atom. The van der Waals surface area contributed by atoms with Crippen molar-refractivity contribution in [3.8, 4) is 11.1 Å². The Kier molecular flexibility index (Phi) is 6.61. The molecule has 0 radical (unpaired) electrons. The van der Waals surface area contributed by atoms with E-state index in [1.165, 1.54) is 0 Å². The Labute approximate surface area is 204 Å². The van der Waals surface area contributed by atoms with Crippen LogP contribution >= 0.6 is 0 Å². The molecule has 4 heterocycles. The molecule has 3 aromatic rings. The van der Waals surface area contributed by atoms with Crippen molar-refractivity contribution in [2.45, 2.75) is 25.4 Å². The summed E-state index contributed by atoms with van der Waals surface area (Å²) in [4.78, 5) is 19.5. The third-order valence-electron chi connectivity index (χ3n) is 6.66. The second kappa shape index (κ2) is 9.97. The number of rotatable bonds is 6. The number of nitrogens with one attached hydrogen (secondary N) is 2. The van der Waals surface area contributed by atoms with E-state index in [-0.39, 0.29) is 23.6 Å². The van der Waals surface area contributed by atoms with Crippen LogP contribution in [-0.2, 0) is 13.6 Å². The molecule has 2 aliphatic heterocycles. The first-order valence-corrected chi connectivity index (χ1v) is 11.9. The van der Waals surface area contributed by atoms with Crippen LogP contribution in [0.1, 0.15) is 34.3 Å². The lowest BCUT2D eigenvalue weighted by molar-refractivity contribution is 0.0938. The molecule has 0 spiro atoms. The summed E-state index contributed by atoms with van der Waals surface area (Å²) in [6.45, 7) is 3.94. The molecule has 1 amide bonds. The maximum atomic E-state index is 14.5. The van der Waals surface area contributed by atoms with E-state index in [0.29, 0.717) is 17.7 Å². The number of carbonyl (C=O) groups is 1. The van der Waals surface area contributed by atoms with Gasteiger partial charge in [-0.15, -0.1) is 0 Å². The minimum atomic E-state index is -0.227. The Balaban J connectivity index is 1.22. The largest absolute Gasteiger partial charge is 0.383 e. The van der Waals surface area contributed by atoms with Crippen LogP contribution in [0.3, 0.4) is 0 Å². The van der Waals surface area contributed by atoms with E-state index < -0.39 is 0 Å². The molecule has 1 aromatic carbocycles. The number of aryl methyl sites for hydroxylation is 1. The highest BCUT2D eigenvalue weighted by molar-refractivity contribution is 5.99. The lowest BCUT2D eigenvalue weighted by Gasteiger charge is -2.19. The highest BCUT2D eigenvalue weighted by Gasteiger charge is 2.25. The van der Waals surface area contributed by atoms with E-state index in [1.54, 1.807) is 29.2 Å². The average Bonchev–Trinajstić information content (AvgIpc) is 3.49. The van der Waals surface area contributed by atoms with Crippen molar-refractivity contribution in [1.29, 1.82) is 0 Å². The van der Waals surface area contributed by atoms with Crippen molar-refractivity contribution in [3.05, 3.63) is 71.4 Å². The Morgan fingerprint density at radius 3 is 2.94 bits per heavy atom. The molecular weight excluding hydrogens is 445 g/mol. The van der Waals surface area contributed by atoms with Crippen LogP contribution in [0.4, 0.5) is 10.2 Å². The molecule has 8 nitrogen and oxygen atoms in total. The molecule has 0 unspecified atom stereocenters. The van der Waals surface area contributed by atoms with Gasteiger partial charge in [-0.1, -0.05) is 12.1 Å². The van der Waals surface area contributed by atoms with Crippen molar-refractivity contribution in [3.63, 3.8) is 0 Å². The molecule has 0 bridgehead atoms. The number of benzene rings is 1. The van der Waals surface area contributed by atoms with Gasteiger partial charge >= 0.3 is 0 Å². The van der Waals surface area contributed by atoms with Crippen molar-refractivity contribution in [1.82, 2.24) is 30.3 Å². The van der Waals surface area contributed by atoms with Gasteiger partial charge in [-0.25, -0.2) is 9.37 Å². The fourth-order valence-corrected chi connectivity index (χ4v) is 4.78. The highest BCUT2D eigenvalue weighted by Crippen LogP contribution is 2.26. The minimum Gasteiger partial charge on any atom is -0.383 e. The molecule has 182 valence electrons. The lowest BCUT2D eigenvalue weighted by Crippen LogP contribution is -2.37. The molecule has 35 heavy (non-hydrogen) atoms. The molecule has 9 heteroatoms. The maximum absolute atomic E-state index is 14.5. The molecule has 1 saturated heterocycles. The van der Waals surface area contributed by atoms with Crippen LogP contribution in [0.2, 0.25) is 0 Å². The Hall–Kier alpha value is -3.56. The summed E-state index contributed by atoms with van der Waals surface area (Å²) in [5, 5.41) is 10.6. The van der Waals surface area contributed by atoms with E-state index >= 15 is 0 Å². The number of nitrogens with two attached hydrogens (primary N) is 1. The molecule has 0 aliphatic carbocycles. The first-order valence-electron chi connectivity index (χ1n) is 11.9. The van der Waals surface area contributed by atoms with Crippen molar-refractivity contribution in [2.75, 3.05) is 31.9 Å². The summed E-state index contributed by atoms with van der Waals surface area (Å²) in [6.07, 6.45) is 8.98. The maximum Gasteiger partial charge on any atom is 0.255 e. The Morgan fingerprint density at radius 2 is 2.17 bits per heavy atom. The summed E-state index contributed by atoms with van der Waals surface area (Å²) in [5.74, 6) is -0.196. The number of aromatic nitrogens is 3. The van der Waals surface area contributed by atoms with Gasteiger partial charge in [-0.3, -0.25) is 14.4 Å². The number of likely N-dealkylation sites (tertiary alicyclic amines) is 1. The summed E-state index contributed by atoms with van der Waals surface area (Å²) in [6, 6.07) is 7.15. The van der Waals surface area contributed by atoms with Crippen LogP contribution in [0.5, 0.6) is 0 Å². The predicted octanol–water partition coefficient (Wildman–Crippen LogP) is 2.58. The van der Waals surface area contributed by atoms with Crippen LogP contribution in [0, 0.1) is 5.82 Å². The first kappa shape index (κ1) is 23.2. The van der Waals surface area contributed by atoms with Crippen LogP contribution in [-0.4, -0.2) is 57.8 Å². The standard InChI is InChI=1S/C26H30FN7O/c1-33-15-20(13-31-33)19-11-23(25(28)30-12-19)26(35)32-21-6-9-34(16-21)14-17-2-3-24(27)22(10-17)18-4-7-29-8-5-18/h2-4,10-13,15,21,29H,5-9,14,16H2,1H3,(H2,28,30)(H,32,35)/t21-/m1/s1. The van der Waals surface area contributed by atoms with Gasteiger partial charge in [0.1, 0.15) is 11.6 Å². The van der Waals surface area contributed by atoms with Gasteiger partial charge in [0.15, 0.2) is 0 Å². The summed E-state index contributed by atoms with van der Waals surface area (Å²) < 4.78 is 16.2. The van der Waals surface area contributed by atoms with Crippen molar-refractivity contribution in [2.24, 2.45) is 7.05 Å². The number of halogens is 1. The van der Waals surface area contributed by atoms with Crippen LogP contribution in [0.25, 0.3) is 16.7 Å². The molecule has 2 aliphatic rings. The van der Waals surface area contributed by atoms with E-state index in [1.807, 2.05) is 25.4 Å². The molecule has 0 saturated carbocycles. The number of anilines is 1. The van der Waals surface area contributed by atoms with E-state index in [2.05, 4.69) is 31.7 Å². The Bertz CT molecular complexity index is 1270. The fraction of sp³-hybridized carbons (Fsp3) is 0.346. The van der Waals surface area contributed by atoms with Crippen molar-refractivity contribution < 1.29 is 9.18 Å². The van der Waals surface area contributed by atoms with Gasteiger partial charge in [0.25, 0.3) is 5.91 Å². The fourth-order valence-electron chi connectivity index (χ4n) is 4.78. The van der Waals surface area contributed by atoms with Crippen molar-refractivity contribution >= 4 is 17.3 Å². The average molecular weight is 476 g/mol. The van der Waals surface area contributed by atoms with E-state index in [0.717, 1.165) is 61.3 Å². The molecule has 5 rings (SSSR count). The SMILES string of the molecule is Cn1cc(-c2cnc(N)c(C(=O)N[C@@H]3CCN(Cc4ccc(F)c(C5=CCNCC5)c4)C3)c2)cn1. The quantitative estimate of drug-likeness (QED) is 0.507. The zero-order valence-corrected chi connectivity index (χ0v) is 19.8. The molecule has 2 aromatic heterocycles. The molecular formula is C26H30FN7O. The number of hydrogen-bond donors (Lipinski definition) is 3. The molecule has 1 fully saturated rings. The topological polar surface area (TPSA) is 101 Å². The van der Waals surface area contributed by atoms with Gasteiger partial charge in [-0.05, 0) is 48.7 Å². The van der Waals surface area contributed by atoms with Crippen LogP contribution in [0.15, 0.2) is 48.9 Å². The first-order chi connectivity index (χ1) is 17.0. The lowest BCUT2D eigenvalue weighted by atomic mass is 9.97. The van der Waals surface area contributed by atoms with Gasteiger partial charge in [-0.2, -0.15) is 5.10 Å². The summed E-state index contributed by atoms with van der Waals surface area (Å²) in [7, 11) is 1.84. The monoisotopic (exact) mass is 475 g/mol. The normalized spacial score (nSPS) is 18.5. The van der Waals surface area contributed by atoms with Gasteiger partial charge < -0.3 is 16.4 Å². The second-order valence-electron chi connectivity index (χ2n) is 9.25. The summed E-state index contributed by atoms with van der Waals surface area (Å²) in [5.41, 5.74) is 10.9. The van der Waals surface area contributed by atoms with E-state index in [9.17, 15) is 9.18 Å². The molecule has 4 N–H and O–H groups in total. The number of nitrogen functional groups attached to an aromatic ring is 1. The van der Waals surface area contributed by atoms with Gasteiger partial charge in [0.05, 0.1) is 11.8 Å². The van der Waals surface area contributed by atoms with Gasteiger partial charge in [0, 0.05) is 68.4 Å². The minimum absolute atomic E-state index is 0.0102. The third-order valence-corrected chi connectivity index (χ3v) is 6.66. The highest BCUT2D eigenvalue weighted by atomic mass is 19.1. The number of pyridine rings is 1. The molecule has 1 atom stereocenters. The van der Waals surface area contributed by atoms with Crippen LogP contribution < -0.4 is 16.4 Å². The summed E-state index contributed by atoms with van der Waals surface area (Å²) >= 11 is 0. The number of carbonyl (C=O) groups excluding carboxylic acids is 1. The third kappa shape index (κ3) is 5.26. The zero-order valence-electron chi connectivity index (χ0n) is 19.8. The second-order valence-corrected chi connectivity index (χ2v) is 9.25. The smallest absolute Gasteiger partial charge is 0.255 e. The van der Waals surface area contributed by atoms with E-state index in [4.69, 9.17) is 5.73 Å². The zero-order chi connectivity index (χ0) is 24.4. The van der Waals surface area contributed by atoms with Gasteiger partial charge in [0.2, 0.25) is 0 Å². The number of nitrogens with zero attached hydrogens (tertiary/aromatic N) is 4. The number of amides is 1. The number of hydrogen-bond acceptors (Lipinski definition) is 6.